The third-order valence-electron chi connectivity index (χ3n) is 1.66. The van der Waals surface area contributed by atoms with Crippen LogP contribution in [0.2, 0.25) is 0 Å². The van der Waals surface area contributed by atoms with Gasteiger partial charge < -0.3 is 5.73 Å². The number of nitrogens with two attached hydrogens (primary N) is 1. The lowest BCUT2D eigenvalue weighted by molar-refractivity contribution is 0.520. The molecule has 0 aliphatic carbocycles. The summed E-state index contributed by atoms with van der Waals surface area (Å²) in [6.07, 6.45) is 2.68. The third kappa shape index (κ3) is 1.89. The van der Waals surface area contributed by atoms with E-state index in [1.54, 1.807) is 0 Å². The fraction of sp³-hybridized carbons (Fsp3) is 0.286. The molecule has 2 N–H and O–H groups in total. The van der Waals surface area contributed by atoms with Crippen molar-refractivity contribution in [3.05, 3.63) is 16.9 Å². The Kier molecular flexibility index (Phi) is 3.13. The van der Waals surface area contributed by atoms with Gasteiger partial charge in [0.05, 0.1) is 10.2 Å². The number of rotatable bonds is 2. The first-order chi connectivity index (χ1) is 6.37. The molecule has 0 bridgehead atoms. The lowest BCUT2D eigenvalue weighted by atomic mass is 10.4. The Morgan fingerprint density at radius 2 is 2.00 bits per heavy atom. The van der Waals surface area contributed by atoms with Crippen molar-refractivity contribution in [2.75, 3.05) is 19.8 Å². The maximum atomic E-state index is 11.7. The second kappa shape index (κ2) is 3.84. The Labute approximate surface area is 91.1 Å². The van der Waals surface area contributed by atoms with E-state index in [1.807, 2.05) is 0 Å². The van der Waals surface area contributed by atoms with Gasteiger partial charge in [-0.15, -0.1) is 0 Å². The molecule has 1 heterocycles. The smallest absolute Gasteiger partial charge is 0.246 e. The molecule has 0 radical (unpaired) electrons. The van der Waals surface area contributed by atoms with E-state index in [9.17, 15) is 8.42 Å². The Hall–Kier alpha value is -0.660. The molecule has 0 fully saturated rings. The number of nitrogens with zero attached hydrogens (tertiary/aromatic N) is 2. The quantitative estimate of drug-likeness (QED) is 0.864. The van der Waals surface area contributed by atoms with Gasteiger partial charge in [-0.05, 0) is 15.9 Å². The average molecular weight is 280 g/mol. The second-order valence-electron chi connectivity index (χ2n) is 2.82. The Morgan fingerprint density at radius 3 is 2.50 bits per heavy atom. The SMILES string of the molecule is CN(C)S(=O)(=O)c1cncc(Br)c1N. The predicted molar refractivity (Wildman–Crippen MR) is 57.2 cm³/mol. The molecule has 0 amide bonds. The summed E-state index contributed by atoms with van der Waals surface area (Å²) in [6.45, 7) is 0. The Balaban J connectivity index is 3.42. The maximum Gasteiger partial charge on any atom is 0.246 e. The summed E-state index contributed by atoms with van der Waals surface area (Å²) in [5.41, 5.74) is 5.79. The van der Waals surface area contributed by atoms with Crippen LogP contribution in [0, 0.1) is 0 Å². The van der Waals surface area contributed by atoms with Gasteiger partial charge in [0, 0.05) is 26.5 Å². The molecule has 0 aliphatic rings. The van der Waals surface area contributed by atoms with E-state index in [0.29, 0.717) is 4.47 Å². The van der Waals surface area contributed by atoms with E-state index in [2.05, 4.69) is 20.9 Å². The normalized spacial score (nSPS) is 12.0. The van der Waals surface area contributed by atoms with Crippen LogP contribution < -0.4 is 5.73 Å². The fourth-order valence-corrected chi connectivity index (χ4v) is 2.27. The Morgan fingerprint density at radius 1 is 1.43 bits per heavy atom. The summed E-state index contributed by atoms with van der Waals surface area (Å²) < 4.78 is 24.9. The van der Waals surface area contributed by atoms with Crippen LogP contribution >= 0.6 is 15.9 Å². The topological polar surface area (TPSA) is 76.3 Å². The molecular formula is C7H10BrN3O2S. The van der Waals surface area contributed by atoms with Crippen molar-refractivity contribution >= 4 is 31.6 Å². The average Bonchev–Trinajstić information content (AvgIpc) is 2.09. The van der Waals surface area contributed by atoms with Crippen molar-refractivity contribution in [3.63, 3.8) is 0 Å². The van der Waals surface area contributed by atoms with Crippen LogP contribution in [0.4, 0.5) is 5.69 Å². The van der Waals surface area contributed by atoms with Crippen LogP contribution in [0.15, 0.2) is 21.8 Å². The van der Waals surface area contributed by atoms with Crippen molar-refractivity contribution in [3.8, 4) is 0 Å². The minimum Gasteiger partial charge on any atom is -0.397 e. The molecule has 0 saturated heterocycles. The monoisotopic (exact) mass is 279 g/mol. The van der Waals surface area contributed by atoms with Gasteiger partial charge in [0.1, 0.15) is 4.90 Å². The summed E-state index contributed by atoms with van der Waals surface area (Å²) in [6, 6.07) is 0. The third-order valence-corrected chi connectivity index (χ3v) is 4.14. The van der Waals surface area contributed by atoms with Gasteiger partial charge in [0.25, 0.3) is 0 Å². The van der Waals surface area contributed by atoms with E-state index in [1.165, 1.54) is 26.5 Å². The highest BCUT2D eigenvalue weighted by Gasteiger charge is 2.21. The van der Waals surface area contributed by atoms with Gasteiger partial charge in [-0.1, -0.05) is 0 Å². The van der Waals surface area contributed by atoms with E-state index < -0.39 is 10.0 Å². The number of sulfonamides is 1. The van der Waals surface area contributed by atoms with Crippen molar-refractivity contribution in [2.45, 2.75) is 4.90 Å². The zero-order valence-electron chi connectivity index (χ0n) is 7.73. The van der Waals surface area contributed by atoms with Crippen LogP contribution in [0.5, 0.6) is 0 Å². The first kappa shape index (κ1) is 11.4. The molecule has 7 heteroatoms. The van der Waals surface area contributed by atoms with Crippen molar-refractivity contribution in [1.82, 2.24) is 9.29 Å². The van der Waals surface area contributed by atoms with Crippen LogP contribution in [-0.2, 0) is 10.0 Å². The minimum absolute atomic E-state index is 0.0110. The zero-order chi connectivity index (χ0) is 10.9. The predicted octanol–water partition coefficient (Wildman–Crippen LogP) is 0.677. The number of halogens is 1. The Bertz CT molecular complexity index is 444. The fourth-order valence-electron chi connectivity index (χ4n) is 0.829. The second-order valence-corrected chi connectivity index (χ2v) is 5.80. The molecule has 1 aromatic heterocycles. The van der Waals surface area contributed by atoms with Crippen LogP contribution in [0.3, 0.4) is 0 Å². The number of nitrogen functional groups attached to an aromatic ring is 1. The highest BCUT2D eigenvalue weighted by Crippen LogP contribution is 2.26. The molecule has 1 rings (SSSR count). The van der Waals surface area contributed by atoms with Crippen molar-refractivity contribution in [1.29, 1.82) is 0 Å². The minimum atomic E-state index is -3.51. The van der Waals surface area contributed by atoms with Crippen LogP contribution in [0.1, 0.15) is 0 Å². The van der Waals surface area contributed by atoms with Gasteiger partial charge in [0.15, 0.2) is 0 Å². The van der Waals surface area contributed by atoms with E-state index >= 15 is 0 Å². The number of aromatic nitrogens is 1. The van der Waals surface area contributed by atoms with Crippen molar-refractivity contribution < 1.29 is 8.42 Å². The summed E-state index contributed by atoms with van der Waals surface area (Å²) in [7, 11) is -0.634. The molecule has 5 nitrogen and oxygen atoms in total. The number of pyridine rings is 1. The van der Waals surface area contributed by atoms with E-state index in [0.717, 1.165) is 4.31 Å². The molecule has 0 saturated carbocycles. The summed E-state index contributed by atoms with van der Waals surface area (Å²) >= 11 is 3.12. The molecule has 0 aliphatic heterocycles. The largest absolute Gasteiger partial charge is 0.397 e. The standard InChI is InChI=1S/C7H10BrN3O2S/c1-11(2)14(12,13)6-4-10-3-5(8)7(6)9/h3-4H,1-2H3,(H2,9,10). The summed E-state index contributed by atoms with van der Waals surface area (Å²) in [5.74, 6) is 0. The molecule has 1 aromatic rings. The lowest BCUT2D eigenvalue weighted by Gasteiger charge is -2.13. The molecule has 14 heavy (non-hydrogen) atoms. The molecule has 78 valence electrons. The molecular weight excluding hydrogens is 270 g/mol. The van der Waals surface area contributed by atoms with Crippen LogP contribution in [-0.4, -0.2) is 31.8 Å². The first-order valence-electron chi connectivity index (χ1n) is 3.69. The zero-order valence-corrected chi connectivity index (χ0v) is 10.1. The molecule has 0 unspecified atom stereocenters. The number of anilines is 1. The van der Waals surface area contributed by atoms with Gasteiger partial charge in [-0.3, -0.25) is 4.98 Å². The maximum absolute atomic E-state index is 11.7. The lowest BCUT2D eigenvalue weighted by Crippen LogP contribution is -2.23. The summed E-state index contributed by atoms with van der Waals surface area (Å²) in [4.78, 5) is 3.77. The highest BCUT2D eigenvalue weighted by molar-refractivity contribution is 9.10. The van der Waals surface area contributed by atoms with Crippen molar-refractivity contribution in [2.24, 2.45) is 0 Å². The van der Waals surface area contributed by atoms with Crippen LogP contribution in [0.25, 0.3) is 0 Å². The van der Waals surface area contributed by atoms with E-state index in [4.69, 9.17) is 5.73 Å². The van der Waals surface area contributed by atoms with Gasteiger partial charge in [-0.25, -0.2) is 12.7 Å². The van der Waals surface area contributed by atoms with Gasteiger partial charge in [-0.2, -0.15) is 0 Å². The first-order valence-corrected chi connectivity index (χ1v) is 5.92. The summed E-state index contributed by atoms with van der Waals surface area (Å²) in [5, 5.41) is 0. The highest BCUT2D eigenvalue weighted by atomic mass is 79.9. The molecule has 0 atom stereocenters. The van der Waals surface area contributed by atoms with E-state index in [-0.39, 0.29) is 10.6 Å². The molecule has 0 spiro atoms. The number of hydrogen-bond acceptors (Lipinski definition) is 4. The van der Waals surface area contributed by atoms with Gasteiger partial charge in [0.2, 0.25) is 10.0 Å². The number of hydrogen-bond donors (Lipinski definition) is 1. The molecule has 0 aromatic carbocycles. The van der Waals surface area contributed by atoms with Gasteiger partial charge >= 0.3 is 0 Å².